The summed E-state index contributed by atoms with van der Waals surface area (Å²) < 4.78 is 39.8. The molecule has 1 rings (SSSR count). The average Bonchev–Trinajstić information content (AvgIpc) is 2.26. The van der Waals surface area contributed by atoms with Gasteiger partial charge in [-0.05, 0) is 30.0 Å². The molecule has 0 aliphatic carbocycles. The van der Waals surface area contributed by atoms with Crippen LogP contribution in [-0.4, -0.2) is 25.8 Å². The van der Waals surface area contributed by atoms with Crippen LogP contribution in [0.5, 0.6) is 0 Å². The van der Waals surface area contributed by atoms with Crippen molar-refractivity contribution in [1.82, 2.24) is 4.31 Å². The summed E-state index contributed by atoms with van der Waals surface area (Å²) >= 11 is 0. The summed E-state index contributed by atoms with van der Waals surface area (Å²) in [5, 5.41) is 0. The topological polar surface area (TPSA) is 63.4 Å². The van der Waals surface area contributed by atoms with Crippen LogP contribution in [0.2, 0.25) is 0 Å². The number of nitrogens with zero attached hydrogens (tertiary/aromatic N) is 1. The number of hydrogen-bond acceptors (Lipinski definition) is 3. The number of hydrogen-bond donors (Lipinski definition) is 1. The van der Waals surface area contributed by atoms with Gasteiger partial charge in [0.2, 0.25) is 10.0 Å². The van der Waals surface area contributed by atoms with Crippen LogP contribution in [-0.2, 0) is 10.0 Å². The Morgan fingerprint density at radius 1 is 1.15 bits per heavy atom. The number of anilines is 1. The molecule has 0 aromatic heterocycles. The zero-order valence-electron chi connectivity index (χ0n) is 12.4. The number of nitrogens with two attached hydrogens (primary N) is 1. The molecule has 0 atom stereocenters. The van der Waals surface area contributed by atoms with E-state index in [-0.39, 0.29) is 22.4 Å². The van der Waals surface area contributed by atoms with Gasteiger partial charge < -0.3 is 5.73 Å². The van der Waals surface area contributed by atoms with Crippen molar-refractivity contribution in [2.75, 3.05) is 18.8 Å². The van der Waals surface area contributed by atoms with Crippen LogP contribution < -0.4 is 5.73 Å². The van der Waals surface area contributed by atoms with Gasteiger partial charge in [-0.3, -0.25) is 0 Å². The van der Waals surface area contributed by atoms with Crippen LogP contribution in [0.1, 0.15) is 27.7 Å². The summed E-state index contributed by atoms with van der Waals surface area (Å²) in [5.41, 5.74) is 5.61. The Kier molecular flexibility index (Phi) is 5.53. The van der Waals surface area contributed by atoms with Crippen molar-refractivity contribution in [2.45, 2.75) is 32.6 Å². The molecule has 0 radical (unpaired) electrons. The van der Waals surface area contributed by atoms with E-state index in [1.165, 1.54) is 10.4 Å². The minimum Gasteiger partial charge on any atom is -0.398 e. The molecule has 0 fully saturated rings. The van der Waals surface area contributed by atoms with Crippen LogP contribution >= 0.6 is 0 Å². The van der Waals surface area contributed by atoms with Gasteiger partial charge in [-0.2, -0.15) is 4.31 Å². The van der Waals surface area contributed by atoms with Gasteiger partial charge in [0.05, 0.1) is 5.69 Å². The second kappa shape index (κ2) is 6.54. The first-order valence-corrected chi connectivity index (χ1v) is 8.13. The van der Waals surface area contributed by atoms with Crippen LogP contribution in [0.15, 0.2) is 23.1 Å². The highest BCUT2D eigenvalue weighted by molar-refractivity contribution is 7.89. The fourth-order valence-electron chi connectivity index (χ4n) is 1.98. The van der Waals surface area contributed by atoms with Crippen molar-refractivity contribution >= 4 is 15.7 Å². The van der Waals surface area contributed by atoms with E-state index in [0.717, 1.165) is 12.1 Å². The Bertz CT molecular complexity index is 546. The molecule has 0 saturated carbocycles. The molecule has 0 bridgehead atoms. The first-order valence-electron chi connectivity index (χ1n) is 6.69. The molecule has 0 aliphatic heterocycles. The monoisotopic (exact) mass is 302 g/mol. The lowest BCUT2D eigenvalue weighted by molar-refractivity contribution is 0.333. The minimum absolute atomic E-state index is 0.0276. The lowest BCUT2D eigenvalue weighted by Gasteiger charge is -2.26. The molecular formula is C14H23FN2O2S. The molecule has 0 saturated heterocycles. The average molecular weight is 302 g/mol. The molecule has 1 aromatic carbocycles. The third-order valence-electron chi connectivity index (χ3n) is 2.73. The molecule has 4 nitrogen and oxygen atoms in total. The predicted molar refractivity (Wildman–Crippen MR) is 79.2 cm³/mol. The van der Waals surface area contributed by atoms with Gasteiger partial charge in [0.1, 0.15) is 10.7 Å². The number of halogens is 1. The van der Waals surface area contributed by atoms with Gasteiger partial charge in [0.15, 0.2) is 0 Å². The molecule has 20 heavy (non-hydrogen) atoms. The minimum atomic E-state index is -3.70. The van der Waals surface area contributed by atoms with Crippen molar-refractivity contribution in [1.29, 1.82) is 0 Å². The second-order valence-corrected chi connectivity index (χ2v) is 7.70. The van der Waals surface area contributed by atoms with E-state index in [1.54, 1.807) is 0 Å². The van der Waals surface area contributed by atoms with Crippen molar-refractivity contribution in [2.24, 2.45) is 11.8 Å². The van der Waals surface area contributed by atoms with E-state index in [1.807, 2.05) is 27.7 Å². The van der Waals surface area contributed by atoms with Gasteiger partial charge in [-0.1, -0.05) is 27.7 Å². The Labute approximate surface area is 120 Å². The third kappa shape index (κ3) is 4.18. The molecule has 0 spiro atoms. The zero-order chi connectivity index (χ0) is 15.5. The molecule has 114 valence electrons. The summed E-state index contributed by atoms with van der Waals surface area (Å²) in [6.45, 7) is 8.65. The van der Waals surface area contributed by atoms with Gasteiger partial charge in [0.25, 0.3) is 0 Å². The molecule has 0 heterocycles. The van der Waals surface area contributed by atoms with E-state index >= 15 is 0 Å². The number of nitrogen functional groups attached to an aromatic ring is 1. The molecular weight excluding hydrogens is 279 g/mol. The summed E-state index contributed by atoms with van der Waals surface area (Å²) in [6, 6.07) is 3.38. The number of benzene rings is 1. The van der Waals surface area contributed by atoms with Gasteiger partial charge in [-0.25, -0.2) is 12.8 Å². The van der Waals surface area contributed by atoms with E-state index in [9.17, 15) is 12.8 Å². The molecule has 2 N–H and O–H groups in total. The zero-order valence-corrected chi connectivity index (χ0v) is 13.2. The normalized spacial score (nSPS) is 12.6. The molecule has 0 amide bonds. The maximum atomic E-state index is 13.1. The van der Waals surface area contributed by atoms with E-state index in [2.05, 4.69) is 0 Å². The maximum absolute atomic E-state index is 13.1. The first kappa shape index (κ1) is 16.9. The lowest BCUT2D eigenvalue weighted by atomic mass is 10.2. The van der Waals surface area contributed by atoms with Gasteiger partial charge in [0, 0.05) is 13.1 Å². The van der Waals surface area contributed by atoms with Crippen molar-refractivity contribution in [3.8, 4) is 0 Å². The Balaban J connectivity index is 3.21. The van der Waals surface area contributed by atoms with Crippen LogP contribution in [0, 0.1) is 17.7 Å². The molecule has 0 aliphatic rings. The largest absolute Gasteiger partial charge is 0.398 e. The third-order valence-corrected chi connectivity index (χ3v) is 4.63. The Hall–Kier alpha value is -1.14. The number of rotatable bonds is 6. The summed E-state index contributed by atoms with van der Waals surface area (Å²) in [4.78, 5) is -0.0276. The smallest absolute Gasteiger partial charge is 0.245 e. The van der Waals surface area contributed by atoms with Crippen LogP contribution in [0.4, 0.5) is 10.1 Å². The SMILES string of the molecule is CC(C)CN(CC(C)C)S(=O)(=O)c1ccc(F)cc1N. The predicted octanol–water partition coefficient (Wildman–Crippen LogP) is 2.71. The summed E-state index contributed by atoms with van der Waals surface area (Å²) in [6.07, 6.45) is 0. The van der Waals surface area contributed by atoms with Crippen molar-refractivity contribution < 1.29 is 12.8 Å². The first-order chi connectivity index (χ1) is 9.14. The second-order valence-electron chi connectivity index (χ2n) is 5.79. The summed E-state index contributed by atoms with van der Waals surface area (Å²) in [7, 11) is -3.70. The maximum Gasteiger partial charge on any atom is 0.245 e. The fraction of sp³-hybridized carbons (Fsp3) is 0.571. The molecule has 1 aromatic rings. The van der Waals surface area contributed by atoms with Gasteiger partial charge in [-0.15, -0.1) is 0 Å². The Morgan fingerprint density at radius 2 is 1.65 bits per heavy atom. The van der Waals surface area contributed by atoms with Gasteiger partial charge >= 0.3 is 0 Å². The van der Waals surface area contributed by atoms with Crippen molar-refractivity contribution in [3.63, 3.8) is 0 Å². The van der Waals surface area contributed by atoms with E-state index in [4.69, 9.17) is 5.73 Å². The fourth-order valence-corrected chi connectivity index (χ4v) is 3.84. The van der Waals surface area contributed by atoms with Crippen molar-refractivity contribution in [3.05, 3.63) is 24.0 Å². The lowest BCUT2D eigenvalue weighted by Crippen LogP contribution is -2.37. The highest BCUT2D eigenvalue weighted by Gasteiger charge is 2.27. The quantitative estimate of drug-likeness (QED) is 0.822. The number of sulfonamides is 1. The van der Waals surface area contributed by atoms with E-state index < -0.39 is 15.8 Å². The van der Waals surface area contributed by atoms with Crippen LogP contribution in [0.25, 0.3) is 0 Å². The highest BCUT2D eigenvalue weighted by atomic mass is 32.2. The highest BCUT2D eigenvalue weighted by Crippen LogP contribution is 2.24. The summed E-state index contributed by atoms with van der Waals surface area (Å²) in [5.74, 6) is -0.142. The Morgan fingerprint density at radius 3 is 2.05 bits per heavy atom. The molecule has 0 unspecified atom stereocenters. The van der Waals surface area contributed by atoms with E-state index in [0.29, 0.717) is 13.1 Å². The standard InChI is InChI=1S/C14H23FN2O2S/c1-10(2)8-17(9-11(3)4)20(18,19)14-6-5-12(15)7-13(14)16/h5-7,10-11H,8-9,16H2,1-4H3. The molecule has 6 heteroatoms. The van der Waals surface area contributed by atoms with Crippen LogP contribution in [0.3, 0.4) is 0 Å².